The van der Waals surface area contributed by atoms with Crippen molar-refractivity contribution in [2.24, 2.45) is 5.92 Å². The summed E-state index contributed by atoms with van der Waals surface area (Å²) in [5, 5.41) is 0.155. The maximum absolute atomic E-state index is 12.2. The Morgan fingerprint density at radius 2 is 1.89 bits per heavy atom. The summed E-state index contributed by atoms with van der Waals surface area (Å²) in [4.78, 5) is 26.8. The number of hydrogen-bond acceptors (Lipinski definition) is 2. The molecule has 1 N–H and O–H groups in total. The second-order valence-electron chi connectivity index (χ2n) is 5.23. The molecule has 0 radical (unpaired) electrons. The van der Waals surface area contributed by atoms with E-state index in [-0.39, 0.29) is 22.4 Å². The normalized spacial score (nSPS) is 24.8. The predicted molar refractivity (Wildman–Crippen MR) is 72.4 cm³/mol. The quantitative estimate of drug-likeness (QED) is 0.630. The van der Waals surface area contributed by atoms with Crippen molar-refractivity contribution in [2.75, 3.05) is 0 Å². The van der Waals surface area contributed by atoms with E-state index in [2.05, 4.69) is 11.9 Å². The highest BCUT2D eigenvalue weighted by Gasteiger charge is 2.25. The SMILES string of the molecule is Cc1c(Cl)[nH]c(=O)n(C2CCCCCC2C)c1=O. The van der Waals surface area contributed by atoms with Crippen LogP contribution in [0.2, 0.25) is 5.15 Å². The molecule has 1 heterocycles. The van der Waals surface area contributed by atoms with Gasteiger partial charge in [0.05, 0.1) is 0 Å². The van der Waals surface area contributed by atoms with Crippen molar-refractivity contribution >= 4 is 11.6 Å². The minimum absolute atomic E-state index is 0.000262. The molecule has 0 aromatic carbocycles. The van der Waals surface area contributed by atoms with E-state index in [0.29, 0.717) is 11.5 Å². The van der Waals surface area contributed by atoms with Crippen LogP contribution in [0.1, 0.15) is 50.6 Å². The van der Waals surface area contributed by atoms with Crippen LogP contribution in [0.15, 0.2) is 9.59 Å². The first-order valence-corrected chi connectivity index (χ1v) is 6.91. The van der Waals surface area contributed by atoms with Gasteiger partial charge < -0.3 is 0 Å². The van der Waals surface area contributed by atoms with Crippen molar-refractivity contribution in [1.29, 1.82) is 0 Å². The summed E-state index contributed by atoms with van der Waals surface area (Å²) < 4.78 is 1.37. The highest BCUT2D eigenvalue weighted by molar-refractivity contribution is 6.30. The van der Waals surface area contributed by atoms with E-state index in [9.17, 15) is 9.59 Å². The summed E-state index contributed by atoms with van der Waals surface area (Å²) in [5.74, 6) is 0.354. The summed E-state index contributed by atoms with van der Waals surface area (Å²) in [6.07, 6.45) is 5.39. The first kappa shape index (κ1) is 13.4. The molecule has 2 unspecified atom stereocenters. The molecule has 1 fully saturated rings. The van der Waals surface area contributed by atoms with Gasteiger partial charge in [0.2, 0.25) is 0 Å². The monoisotopic (exact) mass is 270 g/mol. The van der Waals surface area contributed by atoms with E-state index in [0.717, 1.165) is 19.3 Å². The van der Waals surface area contributed by atoms with Crippen molar-refractivity contribution in [3.63, 3.8) is 0 Å². The van der Waals surface area contributed by atoms with Gasteiger partial charge in [0.25, 0.3) is 5.56 Å². The lowest BCUT2D eigenvalue weighted by molar-refractivity contribution is 0.315. The van der Waals surface area contributed by atoms with Gasteiger partial charge in [-0.05, 0) is 25.7 Å². The third kappa shape index (κ3) is 2.39. The molecule has 4 nitrogen and oxygen atoms in total. The number of aromatic nitrogens is 2. The second-order valence-corrected chi connectivity index (χ2v) is 5.60. The van der Waals surface area contributed by atoms with E-state index in [1.807, 2.05) is 0 Å². The fraction of sp³-hybridized carbons (Fsp3) is 0.692. The van der Waals surface area contributed by atoms with Crippen molar-refractivity contribution in [1.82, 2.24) is 9.55 Å². The Kier molecular flexibility index (Phi) is 3.95. The molecule has 5 heteroatoms. The van der Waals surface area contributed by atoms with E-state index in [4.69, 9.17) is 11.6 Å². The van der Waals surface area contributed by atoms with Gasteiger partial charge in [0.15, 0.2) is 0 Å². The van der Waals surface area contributed by atoms with Gasteiger partial charge in [0, 0.05) is 11.6 Å². The van der Waals surface area contributed by atoms with Gasteiger partial charge in [-0.3, -0.25) is 14.3 Å². The number of nitrogens with zero attached hydrogens (tertiary/aromatic N) is 1. The molecular weight excluding hydrogens is 252 g/mol. The smallest absolute Gasteiger partial charge is 0.297 e. The van der Waals surface area contributed by atoms with Crippen LogP contribution in [-0.4, -0.2) is 9.55 Å². The van der Waals surface area contributed by atoms with Crippen LogP contribution >= 0.6 is 11.6 Å². The number of aromatic amines is 1. The fourth-order valence-electron chi connectivity index (χ4n) is 2.77. The van der Waals surface area contributed by atoms with Gasteiger partial charge >= 0.3 is 5.69 Å². The maximum atomic E-state index is 12.2. The summed E-state index contributed by atoms with van der Waals surface area (Å²) in [6, 6.07) is -0.000262. The van der Waals surface area contributed by atoms with Gasteiger partial charge in [-0.25, -0.2) is 4.79 Å². The molecule has 18 heavy (non-hydrogen) atoms. The summed E-state index contributed by atoms with van der Waals surface area (Å²) in [6.45, 7) is 3.77. The maximum Gasteiger partial charge on any atom is 0.329 e. The third-order valence-corrected chi connectivity index (χ3v) is 4.33. The molecule has 1 aromatic heterocycles. The molecule has 2 rings (SSSR count). The predicted octanol–water partition coefficient (Wildman–Crippen LogP) is 2.64. The molecule has 100 valence electrons. The third-order valence-electron chi connectivity index (χ3n) is 3.95. The number of nitrogens with one attached hydrogen (secondary N) is 1. The molecule has 0 bridgehead atoms. The van der Waals surface area contributed by atoms with Crippen molar-refractivity contribution < 1.29 is 0 Å². The first-order chi connectivity index (χ1) is 8.52. The molecule has 0 saturated heterocycles. The van der Waals surface area contributed by atoms with Gasteiger partial charge in [0.1, 0.15) is 5.15 Å². The molecule has 0 spiro atoms. The number of hydrogen-bond donors (Lipinski definition) is 1. The summed E-state index contributed by atoms with van der Waals surface area (Å²) in [5.41, 5.74) is -0.204. The minimum atomic E-state index is -0.380. The summed E-state index contributed by atoms with van der Waals surface area (Å²) >= 11 is 5.83. The van der Waals surface area contributed by atoms with Crippen LogP contribution < -0.4 is 11.2 Å². The zero-order valence-corrected chi connectivity index (χ0v) is 11.6. The molecule has 0 amide bonds. The summed E-state index contributed by atoms with van der Waals surface area (Å²) in [7, 11) is 0. The van der Waals surface area contributed by atoms with Crippen molar-refractivity contribution in [2.45, 2.75) is 52.0 Å². The second kappa shape index (κ2) is 5.31. The molecular formula is C13H19ClN2O2. The standard InChI is InChI=1S/C13H19ClN2O2/c1-8-6-4-3-5-7-10(8)16-12(17)9(2)11(14)15-13(16)18/h8,10H,3-7H2,1-2H3,(H,15,18). The van der Waals surface area contributed by atoms with Crippen LogP contribution in [0.5, 0.6) is 0 Å². The Morgan fingerprint density at radius 3 is 2.61 bits per heavy atom. The first-order valence-electron chi connectivity index (χ1n) is 6.53. The Balaban J connectivity index is 2.53. The topological polar surface area (TPSA) is 54.9 Å². The van der Waals surface area contributed by atoms with Crippen LogP contribution in [0.3, 0.4) is 0 Å². The van der Waals surface area contributed by atoms with Crippen LogP contribution in [0.4, 0.5) is 0 Å². The Labute approximate surface area is 111 Å². The molecule has 1 saturated carbocycles. The van der Waals surface area contributed by atoms with Crippen molar-refractivity contribution in [3.8, 4) is 0 Å². The number of H-pyrrole nitrogens is 1. The molecule has 2 atom stereocenters. The Morgan fingerprint density at radius 1 is 1.22 bits per heavy atom. The average Bonchev–Trinajstić information content (AvgIpc) is 2.52. The lowest BCUT2D eigenvalue weighted by Crippen LogP contribution is -2.41. The Hall–Kier alpha value is -1.03. The van der Waals surface area contributed by atoms with E-state index in [1.54, 1.807) is 6.92 Å². The average molecular weight is 271 g/mol. The van der Waals surface area contributed by atoms with Crippen molar-refractivity contribution in [3.05, 3.63) is 31.6 Å². The lowest BCUT2D eigenvalue weighted by atomic mass is 9.96. The Bertz CT molecular complexity index is 547. The van der Waals surface area contributed by atoms with E-state index < -0.39 is 0 Å². The molecule has 1 aromatic rings. The molecule has 1 aliphatic rings. The van der Waals surface area contributed by atoms with Crippen LogP contribution in [-0.2, 0) is 0 Å². The zero-order chi connectivity index (χ0) is 13.3. The highest BCUT2D eigenvalue weighted by atomic mass is 35.5. The highest BCUT2D eigenvalue weighted by Crippen LogP contribution is 2.30. The zero-order valence-electron chi connectivity index (χ0n) is 10.8. The van der Waals surface area contributed by atoms with Gasteiger partial charge in [-0.2, -0.15) is 0 Å². The minimum Gasteiger partial charge on any atom is -0.297 e. The van der Waals surface area contributed by atoms with E-state index >= 15 is 0 Å². The molecule has 0 aliphatic heterocycles. The van der Waals surface area contributed by atoms with E-state index in [1.165, 1.54) is 17.4 Å². The van der Waals surface area contributed by atoms with Crippen LogP contribution in [0, 0.1) is 12.8 Å². The lowest BCUT2D eigenvalue weighted by Gasteiger charge is -2.23. The largest absolute Gasteiger partial charge is 0.329 e. The molecule has 1 aliphatic carbocycles. The van der Waals surface area contributed by atoms with Gasteiger partial charge in [-0.1, -0.05) is 37.8 Å². The fourth-order valence-corrected chi connectivity index (χ4v) is 2.93. The number of halogens is 1. The number of rotatable bonds is 1. The van der Waals surface area contributed by atoms with Crippen LogP contribution in [0.25, 0.3) is 0 Å². The van der Waals surface area contributed by atoms with Gasteiger partial charge in [-0.15, -0.1) is 0 Å².